The second-order valence-corrected chi connectivity index (χ2v) is 7.81. The maximum Gasteiger partial charge on any atom is 0.255 e. The summed E-state index contributed by atoms with van der Waals surface area (Å²) in [6, 6.07) is 9.89. The lowest BCUT2D eigenvalue weighted by molar-refractivity contribution is 0.0620. The number of ether oxygens (including phenoxy) is 2. The van der Waals surface area contributed by atoms with Crippen LogP contribution in [0.3, 0.4) is 0 Å². The van der Waals surface area contributed by atoms with Crippen LogP contribution in [-0.4, -0.2) is 55.2 Å². The van der Waals surface area contributed by atoms with Gasteiger partial charge in [0.05, 0.1) is 18.7 Å². The van der Waals surface area contributed by atoms with E-state index in [0.29, 0.717) is 48.0 Å². The van der Waals surface area contributed by atoms with E-state index in [4.69, 9.17) is 21.1 Å². The van der Waals surface area contributed by atoms with Gasteiger partial charge in [-0.2, -0.15) is 0 Å². The van der Waals surface area contributed by atoms with Crippen LogP contribution in [0.2, 0.25) is 5.02 Å². The Balaban J connectivity index is 1.75. The van der Waals surface area contributed by atoms with Gasteiger partial charge >= 0.3 is 0 Å². The third-order valence-electron chi connectivity index (χ3n) is 5.21. The molecule has 0 aromatic heterocycles. The minimum atomic E-state index is -0.383. The van der Waals surface area contributed by atoms with E-state index in [1.807, 2.05) is 6.92 Å². The quantitative estimate of drug-likeness (QED) is 0.674. The first kappa shape index (κ1) is 22.9. The van der Waals surface area contributed by atoms with Crippen LogP contribution in [0.1, 0.15) is 40.5 Å². The highest BCUT2D eigenvalue weighted by atomic mass is 35.5. The van der Waals surface area contributed by atoms with Crippen molar-refractivity contribution in [3.05, 3.63) is 52.5 Å². The second kappa shape index (κ2) is 10.5. The number of benzene rings is 2. The number of nitrogens with one attached hydrogen (secondary N) is 1. The third kappa shape index (κ3) is 5.48. The van der Waals surface area contributed by atoms with Gasteiger partial charge in [0.15, 0.2) is 11.5 Å². The topological polar surface area (TPSA) is 88.1 Å². The Morgan fingerprint density at radius 3 is 2.77 bits per heavy atom. The number of nitrogens with zero attached hydrogens (tertiary/aromatic N) is 1. The molecule has 1 aliphatic rings. The Labute approximate surface area is 186 Å². The van der Waals surface area contributed by atoms with Crippen molar-refractivity contribution >= 4 is 29.1 Å². The molecule has 2 aromatic carbocycles. The van der Waals surface area contributed by atoms with Gasteiger partial charge in [0, 0.05) is 36.5 Å². The Bertz CT molecular complexity index is 950. The van der Waals surface area contributed by atoms with E-state index in [2.05, 4.69) is 5.32 Å². The molecule has 7 nitrogen and oxygen atoms in total. The van der Waals surface area contributed by atoms with E-state index in [1.165, 1.54) is 13.2 Å². The molecule has 0 aliphatic carbocycles. The van der Waals surface area contributed by atoms with Gasteiger partial charge in [-0.15, -0.1) is 0 Å². The zero-order valence-electron chi connectivity index (χ0n) is 17.7. The van der Waals surface area contributed by atoms with Gasteiger partial charge in [-0.3, -0.25) is 9.59 Å². The number of methoxy groups -OCH3 is 1. The number of carbonyl (C=O) groups is 2. The average molecular weight is 447 g/mol. The van der Waals surface area contributed by atoms with Crippen LogP contribution in [0.5, 0.6) is 11.5 Å². The molecule has 0 radical (unpaired) electrons. The van der Waals surface area contributed by atoms with Crippen LogP contribution in [0, 0.1) is 5.92 Å². The highest BCUT2D eigenvalue weighted by Gasteiger charge is 2.24. The summed E-state index contributed by atoms with van der Waals surface area (Å²) in [5.41, 5.74) is 1.29. The highest BCUT2D eigenvalue weighted by molar-refractivity contribution is 6.32. The maximum atomic E-state index is 12.9. The van der Waals surface area contributed by atoms with Crippen molar-refractivity contribution in [3.8, 4) is 11.5 Å². The normalized spacial score (nSPS) is 16.0. The van der Waals surface area contributed by atoms with Gasteiger partial charge in [0.1, 0.15) is 0 Å². The molecule has 31 heavy (non-hydrogen) atoms. The van der Waals surface area contributed by atoms with Gasteiger partial charge in [0.25, 0.3) is 11.8 Å². The largest absolute Gasteiger partial charge is 0.493 e. The number of carbonyl (C=O) groups excluding carboxylic acids is 2. The van der Waals surface area contributed by atoms with E-state index < -0.39 is 0 Å². The van der Waals surface area contributed by atoms with Gasteiger partial charge in [-0.1, -0.05) is 17.7 Å². The molecule has 1 atom stereocenters. The first-order valence-corrected chi connectivity index (χ1v) is 10.7. The van der Waals surface area contributed by atoms with Crippen molar-refractivity contribution in [2.24, 2.45) is 5.92 Å². The number of hydrogen-bond donors (Lipinski definition) is 2. The average Bonchev–Trinajstić information content (AvgIpc) is 2.79. The van der Waals surface area contributed by atoms with E-state index in [0.717, 1.165) is 12.8 Å². The molecule has 2 amide bonds. The number of aliphatic hydroxyl groups is 1. The minimum Gasteiger partial charge on any atom is -0.493 e. The molecule has 2 aromatic rings. The Morgan fingerprint density at radius 2 is 2.06 bits per heavy atom. The fourth-order valence-electron chi connectivity index (χ4n) is 3.65. The monoisotopic (exact) mass is 446 g/mol. The zero-order chi connectivity index (χ0) is 22.4. The van der Waals surface area contributed by atoms with Gasteiger partial charge in [0.2, 0.25) is 0 Å². The van der Waals surface area contributed by atoms with Crippen molar-refractivity contribution in [1.29, 1.82) is 0 Å². The Hall–Kier alpha value is -2.77. The summed E-state index contributed by atoms with van der Waals surface area (Å²) < 4.78 is 10.8. The molecule has 2 N–H and O–H groups in total. The first-order valence-electron chi connectivity index (χ1n) is 10.3. The van der Waals surface area contributed by atoms with Crippen molar-refractivity contribution in [1.82, 2.24) is 4.90 Å². The summed E-state index contributed by atoms with van der Waals surface area (Å²) in [5.74, 6) is 0.372. The molecule has 0 spiro atoms. The fraction of sp³-hybridized carbons (Fsp3) is 0.391. The summed E-state index contributed by atoms with van der Waals surface area (Å²) in [6.45, 7) is 3.53. The van der Waals surface area contributed by atoms with E-state index in [-0.39, 0.29) is 29.4 Å². The number of likely N-dealkylation sites (tertiary alicyclic amines) is 1. The molecular weight excluding hydrogens is 420 g/mol. The lowest BCUT2D eigenvalue weighted by Crippen LogP contribution is -2.40. The number of hydrogen-bond acceptors (Lipinski definition) is 5. The number of rotatable bonds is 7. The number of piperidine rings is 1. The Kier molecular flexibility index (Phi) is 7.76. The molecule has 0 bridgehead atoms. The molecule has 3 rings (SSSR count). The van der Waals surface area contributed by atoms with Crippen LogP contribution in [0.15, 0.2) is 36.4 Å². The van der Waals surface area contributed by atoms with Crippen LogP contribution < -0.4 is 14.8 Å². The van der Waals surface area contributed by atoms with Crippen molar-refractivity contribution in [2.75, 3.05) is 38.7 Å². The predicted octanol–water partition coefficient (Wildman–Crippen LogP) is 3.84. The standard InChI is InChI=1S/C23H27ClN2O5/c1-3-31-21-19(24)11-17(12-20(21)30-2)22(28)25-18-8-4-7-16(10-18)23(29)26-9-5-6-15(13-26)14-27/h4,7-8,10-12,15,27H,3,5-6,9,13-14H2,1-2H3,(H,25,28)/t15-/m0/s1. The third-order valence-corrected chi connectivity index (χ3v) is 5.49. The van der Waals surface area contributed by atoms with E-state index >= 15 is 0 Å². The predicted molar refractivity (Wildman–Crippen MR) is 119 cm³/mol. The van der Waals surface area contributed by atoms with E-state index in [1.54, 1.807) is 35.2 Å². The van der Waals surface area contributed by atoms with Crippen molar-refractivity contribution < 1.29 is 24.2 Å². The SMILES string of the molecule is CCOc1c(Cl)cc(C(=O)Nc2cccc(C(=O)N3CCC[C@H](CO)C3)c2)cc1OC. The molecule has 166 valence electrons. The van der Waals surface area contributed by atoms with Crippen LogP contribution >= 0.6 is 11.6 Å². The lowest BCUT2D eigenvalue weighted by atomic mass is 9.98. The van der Waals surface area contributed by atoms with Crippen molar-refractivity contribution in [2.45, 2.75) is 19.8 Å². The number of amides is 2. The zero-order valence-corrected chi connectivity index (χ0v) is 18.4. The molecule has 1 saturated heterocycles. The number of aliphatic hydroxyl groups excluding tert-OH is 1. The highest BCUT2D eigenvalue weighted by Crippen LogP contribution is 2.36. The fourth-order valence-corrected chi connectivity index (χ4v) is 3.91. The van der Waals surface area contributed by atoms with Gasteiger partial charge < -0.3 is 24.8 Å². The summed E-state index contributed by atoms with van der Waals surface area (Å²) in [5, 5.41) is 12.5. The molecule has 0 unspecified atom stereocenters. The van der Waals surface area contributed by atoms with Crippen LogP contribution in [0.25, 0.3) is 0 Å². The van der Waals surface area contributed by atoms with E-state index in [9.17, 15) is 14.7 Å². The smallest absolute Gasteiger partial charge is 0.255 e. The summed E-state index contributed by atoms with van der Waals surface area (Å²) in [6.07, 6.45) is 1.79. The van der Waals surface area contributed by atoms with Crippen LogP contribution in [-0.2, 0) is 0 Å². The summed E-state index contributed by atoms with van der Waals surface area (Å²) in [7, 11) is 1.48. The number of halogens is 1. The van der Waals surface area contributed by atoms with Crippen molar-refractivity contribution in [3.63, 3.8) is 0 Å². The molecule has 1 heterocycles. The molecule has 1 aliphatic heterocycles. The molecular formula is C23H27ClN2O5. The molecule has 0 saturated carbocycles. The lowest BCUT2D eigenvalue weighted by Gasteiger charge is -2.32. The number of anilines is 1. The van der Waals surface area contributed by atoms with Gasteiger partial charge in [-0.25, -0.2) is 0 Å². The van der Waals surface area contributed by atoms with Gasteiger partial charge in [-0.05, 0) is 56.0 Å². The summed E-state index contributed by atoms with van der Waals surface area (Å²) in [4.78, 5) is 27.4. The minimum absolute atomic E-state index is 0.0774. The Morgan fingerprint density at radius 1 is 1.26 bits per heavy atom. The second-order valence-electron chi connectivity index (χ2n) is 7.40. The molecule has 1 fully saturated rings. The maximum absolute atomic E-state index is 12.9. The molecule has 8 heteroatoms. The van der Waals surface area contributed by atoms with Crippen LogP contribution in [0.4, 0.5) is 5.69 Å². The summed E-state index contributed by atoms with van der Waals surface area (Å²) >= 11 is 6.26. The first-order chi connectivity index (χ1) is 15.0.